The maximum Gasteiger partial charge on any atom is 0.224 e. The molecule has 0 bridgehead atoms. The third-order valence-electron chi connectivity index (χ3n) is 3.17. The summed E-state index contributed by atoms with van der Waals surface area (Å²) in [5.74, 6) is -0.0454. The Hall–Kier alpha value is -1.51. The van der Waals surface area contributed by atoms with Gasteiger partial charge in [0.25, 0.3) is 0 Å². The van der Waals surface area contributed by atoms with Crippen LogP contribution in [0.15, 0.2) is 36.4 Å². The molecule has 0 saturated carbocycles. The lowest BCUT2D eigenvalue weighted by Crippen LogP contribution is -2.12. The molecule has 0 heterocycles. The van der Waals surface area contributed by atoms with E-state index in [1.807, 2.05) is 26.0 Å². The lowest BCUT2D eigenvalue weighted by Gasteiger charge is -2.09. The lowest BCUT2D eigenvalue weighted by molar-refractivity contribution is -0.116. The highest BCUT2D eigenvalue weighted by molar-refractivity contribution is 6.36. The second kappa shape index (κ2) is 6.97. The third kappa shape index (κ3) is 4.48. The standard InChI is InChI=1S/C17H17Cl2NO/c1-11-8-12(2)10-13(9-11)20-17(21)7-6-14-15(18)4-3-5-16(14)19/h3-5,8-10H,6-7H2,1-2H3,(H,20,21). The minimum atomic E-state index is -0.0454. The van der Waals surface area contributed by atoms with Gasteiger partial charge in [0.05, 0.1) is 0 Å². The van der Waals surface area contributed by atoms with Crippen LogP contribution in [-0.4, -0.2) is 5.91 Å². The highest BCUT2D eigenvalue weighted by Gasteiger charge is 2.09. The van der Waals surface area contributed by atoms with E-state index in [0.29, 0.717) is 22.9 Å². The summed E-state index contributed by atoms with van der Waals surface area (Å²) in [6, 6.07) is 11.3. The molecule has 21 heavy (non-hydrogen) atoms. The fraction of sp³-hybridized carbons (Fsp3) is 0.235. The van der Waals surface area contributed by atoms with Gasteiger partial charge in [-0.05, 0) is 61.2 Å². The van der Waals surface area contributed by atoms with E-state index in [1.54, 1.807) is 18.2 Å². The van der Waals surface area contributed by atoms with E-state index in [-0.39, 0.29) is 5.91 Å². The molecule has 2 nitrogen and oxygen atoms in total. The molecule has 0 aliphatic carbocycles. The molecule has 0 aliphatic rings. The fourth-order valence-electron chi connectivity index (χ4n) is 2.28. The van der Waals surface area contributed by atoms with Crippen LogP contribution in [0.3, 0.4) is 0 Å². The zero-order chi connectivity index (χ0) is 15.4. The van der Waals surface area contributed by atoms with E-state index < -0.39 is 0 Å². The first-order chi connectivity index (χ1) is 9.95. The number of nitrogens with one attached hydrogen (secondary N) is 1. The molecule has 0 atom stereocenters. The van der Waals surface area contributed by atoms with E-state index in [1.165, 1.54) is 0 Å². The van der Waals surface area contributed by atoms with Crippen molar-refractivity contribution in [3.8, 4) is 0 Å². The second-order valence-corrected chi connectivity index (χ2v) is 5.94. The molecule has 1 amide bonds. The molecule has 0 spiro atoms. The van der Waals surface area contributed by atoms with Gasteiger partial charge in [0, 0.05) is 22.2 Å². The van der Waals surface area contributed by atoms with Crippen molar-refractivity contribution >= 4 is 34.8 Å². The van der Waals surface area contributed by atoms with Crippen molar-refractivity contribution in [1.82, 2.24) is 0 Å². The Morgan fingerprint density at radius 3 is 2.19 bits per heavy atom. The molecule has 2 rings (SSSR count). The third-order valence-corrected chi connectivity index (χ3v) is 3.88. The molecule has 2 aromatic rings. The predicted octanol–water partition coefficient (Wildman–Crippen LogP) is 5.18. The monoisotopic (exact) mass is 321 g/mol. The van der Waals surface area contributed by atoms with Crippen molar-refractivity contribution in [2.75, 3.05) is 5.32 Å². The summed E-state index contributed by atoms with van der Waals surface area (Å²) in [6.07, 6.45) is 0.867. The molecule has 2 aromatic carbocycles. The Bertz CT molecular complexity index is 627. The maximum atomic E-state index is 12.0. The van der Waals surface area contributed by atoms with Crippen LogP contribution in [0.4, 0.5) is 5.69 Å². The molecule has 0 fully saturated rings. The first-order valence-corrected chi connectivity index (χ1v) is 7.52. The van der Waals surface area contributed by atoms with Gasteiger partial charge in [-0.3, -0.25) is 4.79 Å². The van der Waals surface area contributed by atoms with E-state index in [9.17, 15) is 4.79 Å². The van der Waals surface area contributed by atoms with Crippen LogP contribution in [0.25, 0.3) is 0 Å². The molecule has 110 valence electrons. The normalized spacial score (nSPS) is 10.5. The molecule has 0 aromatic heterocycles. The number of hydrogen-bond donors (Lipinski definition) is 1. The Labute approximate surface area is 135 Å². The molecule has 0 saturated heterocycles. The van der Waals surface area contributed by atoms with Crippen LogP contribution >= 0.6 is 23.2 Å². The minimum absolute atomic E-state index is 0.0454. The summed E-state index contributed by atoms with van der Waals surface area (Å²) in [4.78, 5) is 12.0. The van der Waals surface area contributed by atoms with Crippen molar-refractivity contribution in [3.63, 3.8) is 0 Å². The van der Waals surface area contributed by atoms with Crippen molar-refractivity contribution in [2.24, 2.45) is 0 Å². The Morgan fingerprint density at radius 2 is 1.62 bits per heavy atom. The van der Waals surface area contributed by atoms with E-state index >= 15 is 0 Å². The second-order valence-electron chi connectivity index (χ2n) is 5.12. The van der Waals surface area contributed by atoms with Gasteiger partial charge < -0.3 is 5.32 Å². The molecule has 0 aliphatic heterocycles. The number of rotatable bonds is 4. The number of halogens is 2. The number of carbonyl (C=O) groups excluding carboxylic acids is 1. The van der Waals surface area contributed by atoms with Crippen LogP contribution < -0.4 is 5.32 Å². The van der Waals surface area contributed by atoms with Gasteiger partial charge >= 0.3 is 0 Å². The average molecular weight is 322 g/mol. The number of benzene rings is 2. The average Bonchev–Trinajstić information content (AvgIpc) is 2.36. The van der Waals surface area contributed by atoms with Gasteiger partial charge in [-0.1, -0.05) is 35.3 Å². The van der Waals surface area contributed by atoms with Crippen LogP contribution in [0.5, 0.6) is 0 Å². The molecule has 4 heteroatoms. The predicted molar refractivity (Wildman–Crippen MR) is 89.3 cm³/mol. The van der Waals surface area contributed by atoms with Gasteiger partial charge in [-0.2, -0.15) is 0 Å². The molecule has 0 radical (unpaired) electrons. The van der Waals surface area contributed by atoms with E-state index in [4.69, 9.17) is 23.2 Å². The quantitative estimate of drug-likeness (QED) is 0.825. The number of aryl methyl sites for hydroxylation is 2. The van der Waals surface area contributed by atoms with E-state index in [0.717, 1.165) is 22.4 Å². The van der Waals surface area contributed by atoms with Crippen molar-refractivity contribution in [2.45, 2.75) is 26.7 Å². The highest BCUT2D eigenvalue weighted by Crippen LogP contribution is 2.25. The Balaban J connectivity index is 1.99. The Morgan fingerprint density at radius 1 is 1.05 bits per heavy atom. The van der Waals surface area contributed by atoms with Gasteiger partial charge in [-0.15, -0.1) is 0 Å². The number of amides is 1. The summed E-state index contributed by atoms with van der Waals surface area (Å²) in [5, 5.41) is 4.11. The number of carbonyl (C=O) groups is 1. The van der Waals surface area contributed by atoms with E-state index in [2.05, 4.69) is 11.4 Å². The smallest absolute Gasteiger partial charge is 0.224 e. The summed E-state index contributed by atoms with van der Waals surface area (Å²) in [5.41, 5.74) is 3.89. The van der Waals surface area contributed by atoms with Crippen LogP contribution in [-0.2, 0) is 11.2 Å². The zero-order valence-corrected chi connectivity index (χ0v) is 13.6. The van der Waals surface area contributed by atoms with Gasteiger partial charge in [-0.25, -0.2) is 0 Å². The van der Waals surface area contributed by atoms with Crippen LogP contribution in [0.2, 0.25) is 10.0 Å². The van der Waals surface area contributed by atoms with Gasteiger partial charge in [0.1, 0.15) is 0 Å². The molecular weight excluding hydrogens is 305 g/mol. The summed E-state index contributed by atoms with van der Waals surface area (Å²) >= 11 is 12.2. The zero-order valence-electron chi connectivity index (χ0n) is 12.0. The minimum Gasteiger partial charge on any atom is -0.326 e. The summed E-state index contributed by atoms with van der Waals surface area (Å²) in [7, 11) is 0. The molecule has 1 N–H and O–H groups in total. The first kappa shape index (κ1) is 15.9. The highest BCUT2D eigenvalue weighted by atomic mass is 35.5. The fourth-order valence-corrected chi connectivity index (χ4v) is 2.87. The number of hydrogen-bond acceptors (Lipinski definition) is 1. The lowest BCUT2D eigenvalue weighted by atomic mass is 10.1. The molecular formula is C17H17Cl2NO. The van der Waals surface area contributed by atoms with Crippen LogP contribution in [0.1, 0.15) is 23.1 Å². The van der Waals surface area contributed by atoms with Crippen molar-refractivity contribution in [1.29, 1.82) is 0 Å². The number of anilines is 1. The largest absolute Gasteiger partial charge is 0.326 e. The van der Waals surface area contributed by atoms with Crippen molar-refractivity contribution in [3.05, 3.63) is 63.1 Å². The van der Waals surface area contributed by atoms with Crippen molar-refractivity contribution < 1.29 is 4.79 Å². The Kier molecular flexibility index (Phi) is 5.27. The van der Waals surface area contributed by atoms with Gasteiger partial charge in [0.2, 0.25) is 5.91 Å². The first-order valence-electron chi connectivity index (χ1n) is 6.77. The SMILES string of the molecule is Cc1cc(C)cc(NC(=O)CCc2c(Cl)cccc2Cl)c1. The summed E-state index contributed by atoms with van der Waals surface area (Å²) in [6.45, 7) is 4.01. The summed E-state index contributed by atoms with van der Waals surface area (Å²) < 4.78 is 0. The van der Waals surface area contributed by atoms with Gasteiger partial charge in [0.15, 0.2) is 0 Å². The topological polar surface area (TPSA) is 29.1 Å². The molecule has 0 unspecified atom stereocenters. The maximum absolute atomic E-state index is 12.0. The van der Waals surface area contributed by atoms with Crippen LogP contribution in [0, 0.1) is 13.8 Å².